The Bertz CT molecular complexity index is 1230. The van der Waals surface area contributed by atoms with Crippen molar-refractivity contribution in [1.29, 1.82) is 0 Å². The first-order valence-corrected chi connectivity index (χ1v) is 13.9. The molecule has 1 aromatic carbocycles. The number of hydrogen-bond donors (Lipinski definition) is 3. The molecule has 2 aromatic rings. The van der Waals surface area contributed by atoms with Gasteiger partial charge in [-0.2, -0.15) is 5.10 Å². The molecule has 1 saturated carbocycles. The lowest BCUT2D eigenvalue weighted by Crippen LogP contribution is -2.38. The first-order chi connectivity index (χ1) is 18.6. The number of benzene rings is 1. The standard InChI is InChI=1S/C18H20F2N4O4S.C5H8O.C4H8/c19-12-6-7-16(15(20)8-12)29(27,28)23-17-9-14(11-25)24(22-17)10-18(26)21-13-4-2-1-3-5-13;1-2-3-4-5-6;1-3-4-2/h6-9,11,13H,1-5,10H2,(H,21,26)(H,22,23);2-4,6H,1,5H2;3-4H,1-2H3/b;4-3+;4-3-. The van der Waals surface area contributed by atoms with Gasteiger partial charge in [0.05, 0.1) is 6.61 Å². The molecule has 0 bridgehead atoms. The fourth-order valence-corrected chi connectivity index (χ4v) is 4.45. The van der Waals surface area contributed by atoms with Gasteiger partial charge in [-0.05, 0) is 38.8 Å². The Morgan fingerprint density at radius 1 is 1.18 bits per heavy atom. The average Bonchev–Trinajstić information content (AvgIpc) is 3.28. The van der Waals surface area contributed by atoms with Crippen LogP contribution in [0.15, 0.2) is 66.1 Å². The number of anilines is 1. The van der Waals surface area contributed by atoms with Crippen LogP contribution >= 0.6 is 0 Å². The van der Waals surface area contributed by atoms with Crippen LogP contribution in [0.1, 0.15) is 56.4 Å². The van der Waals surface area contributed by atoms with Crippen LogP contribution in [0.4, 0.5) is 14.6 Å². The summed E-state index contributed by atoms with van der Waals surface area (Å²) in [5.74, 6) is -2.79. The minimum Gasteiger partial charge on any atom is -0.392 e. The molecule has 1 amide bonds. The minimum atomic E-state index is -4.41. The van der Waals surface area contributed by atoms with Gasteiger partial charge in [0, 0.05) is 18.2 Å². The normalized spacial score (nSPS) is 13.7. The summed E-state index contributed by atoms with van der Waals surface area (Å²) in [5.41, 5.74) is -0.0268. The highest BCUT2D eigenvalue weighted by Gasteiger charge is 2.22. The fraction of sp³-hybridized carbons (Fsp3) is 0.370. The van der Waals surface area contributed by atoms with E-state index in [2.05, 4.69) is 17.0 Å². The highest BCUT2D eigenvalue weighted by atomic mass is 32.2. The summed E-state index contributed by atoms with van der Waals surface area (Å²) in [7, 11) is -4.41. The van der Waals surface area contributed by atoms with Crippen molar-refractivity contribution in [2.75, 3.05) is 11.3 Å². The maximum atomic E-state index is 13.8. The summed E-state index contributed by atoms with van der Waals surface area (Å²) >= 11 is 0. The molecule has 39 heavy (non-hydrogen) atoms. The lowest BCUT2D eigenvalue weighted by atomic mass is 9.95. The topological polar surface area (TPSA) is 130 Å². The third kappa shape index (κ3) is 12.2. The number of aldehydes is 1. The summed E-state index contributed by atoms with van der Waals surface area (Å²) in [6.07, 6.45) is 14.4. The quantitative estimate of drug-likeness (QED) is 0.232. The van der Waals surface area contributed by atoms with E-state index in [1.54, 1.807) is 18.2 Å². The first-order valence-electron chi connectivity index (χ1n) is 12.4. The Morgan fingerprint density at radius 3 is 2.36 bits per heavy atom. The number of nitrogens with zero attached hydrogens (tertiary/aromatic N) is 2. The Kier molecular flexibility index (Phi) is 15.2. The van der Waals surface area contributed by atoms with E-state index in [4.69, 9.17) is 5.11 Å². The summed E-state index contributed by atoms with van der Waals surface area (Å²) in [5, 5.41) is 14.8. The minimum absolute atomic E-state index is 0.0268. The number of aliphatic hydroxyl groups is 1. The number of nitrogens with one attached hydrogen (secondary N) is 2. The third-order valence-electron chi connectivity index (χ3n) is 5.33. The van der Waals surface area contributed by atoms with Gasteiger partial charge in [-0.15, -0.1) is 0 Å². The van der Waals surface area contributed by atoms with Crippen molar-refractivity contribution in [2.24, 2.45) is 0 Å². The van der Waals surface area contributed by atoms with Gasteiger partial charge in [-0.3, -0.25) is 19.0 Å². The van der Waals surface area contributed by atoms with Gasteiger partial charge < -0.3 is 10.4 Å². The molecule has 12 heteroatoms. The molecule has 1 aromatic heterocycles. The van der Waals surface area contributed by atoms with Gasteiger partial charge in [0.2, 0.25) is 5.91 Å². The van der Waals surface area contributed by atoms with Gasteiger partial charge in [0.1, 0.15) is 28.8 Å². The van der Waals surface area contributed by atoms with Crippen LogP contribution in [-0.4, -0.2) is 48.1 Å². The molecular formula is C27H36F2N4O5S. The highest BCUT2D eigenvalue weighted by molar-refractivity contribution is 7.92. The second-order valence-corrected chi connectivity index (χ2v) is 9.98. The molecule has 9 nitrogen and oxygen atoms in total. The van der Waals surface area contributed by atoms with Crippen molar-refractivity contribution in [3.8, 4) is 0 Å². The highest BCUT2D eigenvalue weighted by Crippen LogP contribution is 2.20. The predicted octanol–water partition coefficient (Wildman–Crippen LogP) is 4.53. The number of amides is 1. The van der Waals surface area contributed by atoms with Gasteiger partial charge in [0.25, 0.3) is 10.0 Å². The molecule has 0 atom stereocenters. The number of hydrogen-bond acceptors (Lipinski definition) is 6. The summed E-state index contributed by atoms with van der Waals surface area (Å²) in [6.45, 7) is 7.24. The monoisotopic (exact) mass is 566 g/mol. The van der Waals surface area contributed by atoms with E-state index in [-0.39, 0.29) is 36.6 Å². The molecule has 1 heterocycles. The van der Waals surface area contributed by atoms with Crippen molar-refractivity contribution in [1.82, 2.24) is 15.1 Å². The zero-order chi connectivity index (χ0) is 29.3. The van der Waals surface area contributed by atoms with Gasteiger partial charge >= 0.3 is 0 Å². The van der Waals surface area contributed by atoms with E-state index in [1.165, 1.54) is 0 Å². The molecule has 0 radical (unpaired) electrons. The van der Waals surface area contributed by atoms with E-state index in [0.717, 1.165) is 55.0 Å². The number of sulfonamides is 1. The van der Waals surface area contributed by atoms with Crippen LogP contribution < -0.4 is 10.0 Å². The van der Waals surface area contributed by atoms with E-state index in [0.29, 0.717) is 12.4 Å². The van der Waals surface area contributed by atoms with Gasteiger partial charge in [-0.1, -0.05) is 56.2 Å². The number of halogens is 2. The van der Waals surface area contributed by atoms with E-state index < -0.39 is 26.6 Å². The van der Waals surface area contributed by atoms with Crippen molar-refractivity contribution < 1.29 is 31.9 Å². The van der Waals surface area contributed by atoms with Crippen molar-refractivity contribution >= 4 is 28.0 Å². The first kappa shape index (κ1) is 33.4. The van der Waals surface area contributed by atoms with Crippen LogP contribution in [0.3, 0.4) is 0 Å². The Labute approximate surface area is 228 Å². The Balaban J connectivity index is 0.000000651. The molecule has 3 rings (SSSR count). The van der Waals surface area contributed by atoms with Crippen LogP contribution in [0.2, 0.25) is 0 Å². The smallest absolute Gasteiger partial charge is 0.266 e. The van der Waals surface area contributed by atoms with Gasteiger partial charge in [0.15, 0.2) is 12.1 Å². The molecule has 214 valence electrons. The second-order valence-electron chi connectivity index (χ2n) is 8.33. The molecule has 3 N–H and O–H groups in total. The number of allylic oxidation sites excluding steroid dienone is 4. The second kappa shape index (κ2) is 17.8. The van der Waals surface area contributed by atoms with Gasteiger partial charge in [-0.25, -0.2) is 17.2 Å². The summed E-state index contributed by atoms with van der Waals surface area (Å²) in [4.78, 5) is 22.7. The number of carbonyl (C=O) groups excluding carboxylic acids is 2. The third-order valence-corrected chi connectivity index (χ3v) is 6.72. The molecule has 1 aliphatic rings. The van der Waals surface area contributed by atoms with Crippen LogP contribution in [-0.2, 0) is 21.4 Å². The SMILES string of the molecule is C/C=C\C.C=C/C=C/CO.O=Cc1cc(NS(=O)(=O)c2ccc(F)cc2F)nn1CC(=O)NC1CCCCC1. The van der Waals surface area contributed by atoms with Crippen LogP contribution in [0.5, 0.6) is 0 Å². The summed E-state index contributed by atoms with van der Waals surface area (Å²) < 4.78 is 54.6. The average molecular weight is 567 g/mol. The zero-order valence-corrected chi connectivity index (χ0v) is 23.0. The molecular weight excluding hydrogens is 530 g/mol. The molecule has 0 unspecified atom stereocenters. The molecule has 0 saturated heterocycles. The van der Waals surface area contributed by atoms with Crippen LogP contribution in [0.25, 0.3) is 0 Å². The molecule has 0 aliphatic heterocycles. The molecule has 0 spiro atoms. The van der Waals surface area contributed by atoms with Crippen molar-refractivity contribution in [2.45, 2.75) is 63.4 Å². The van der Waals surface area contributed by atoms with Crippen LogP contribution in [0, 0.1) is 11.6 Å². The molecule has 1 aliphatic carbocycles. The van der Waals surface area contributed by atoms with Crippen molar-refractivity contribution in [3.05, 3.63) is 78.6 Å². The molecule has 1 fully saturated rings. The lowest BCUT2D eigenvalue weighted by Gasteiger charge is -2.22. The maximum absolute atomic E-state index is 13.8. The maximum Gasteiger partial charge on any atom is 0.266 e. The lowest BCUT2D eigenvalue weighted by molar-refractivity contribution is -0.122. The van der Waals surface area contributed by atoms with E-state index >= 15 is 0 Å². The van der Waals surface area contributed by atoms with Crippen molar-refractivity contribution in [3.63, 3.8) is 0 Å². The van der Waals surface area contributed by atoms with E-state index in [1.807, 2.05) is 30.7 Å². The Hall–Kier alpha value is -3.64. The predicted molar refractivity (Wildman–Crippen MR) is 147 cm³/mol. The fourth-order valence-electron chi connectivity index (χ4n) is 3.40. The number of rotatable bonds is 9. The number of aromatic nitrogens is 2. The zero-order valence-electron chi connectivity index (χ0n) is 22.1. The largest absolute Gasteiger partial charge is 0.392 e. The summed E-state index contributed by atoms with van der Waals surface area (Å²) in [6, 6.07) is 3.23. The Morgan fingerprint density at radius 2 is 1.85 bits per heavy atom. The number of aliphatic hydroxyl groups excluding tert-OH is 1. The van der Waals surface area contributed by atoms with E-state index in [9.17, 15) is 26.8 Å². The number of carbonyl (C=O) groups is 2.